The van der Waals surface area contributed by atoms with E-state index in [4.69, 9.17) is 4.55 Å². The molecule has 2 rings (SSSR count). The highest BCUT2D eigenvalue weighted by atomic mass is 32.2. The summed E-state index contributed by atoms with van der Waals surface area (Å²) >= 11 is -1.78. The van der Waals surface area contributed by atoms with Crippen molar-refractivity contribution < 1.29 is 8.76 Å². The van der Waals surface area contributed by atoms with Gasteiger partial charge in [-0.25, -0.2) is 4.21 Å². The van der Waals surface area contributed by atoms with Gasteiger partial charge < -0.3 is 4.55 Å². The summed E-state index contributed by atoms with van der Waals surface area (Å²) in [5.41, 5.74) is 0.742. The summed E-state index contributed by atoms with van der Waals surface area (Å²) in [6.07, 6.45) is 3.20. The summed E-state index contributed by atoms with van der Waals surface area (Å²) in [6.45, 7) is 0. The first-order valence-electron chi connectivity index (χ1n) is 3.78. The normalized spacial score (nSPS) is 21.8. The van der Waals surface area contributed by atoms with Crippen LogP contribution in [0.2, 0.25) is 0 Å². The van der Waals surface area contributed by atoms with Gasteiger partial charge in [0.1, 0.15) is 4.75 Å². The SMILES string of the molecule is O=S(O)C1(c2ccccn2)CC1. The minimum absolute atomic E-state index is 0.540. The molecule has 1 aromatic rings. The molecule has 1 aliphatic rings. The van der Waals surface area contributed by atoms with E-state index in [2.05, 4.69) is 4.98 Å². The summed E-state index contributed by atoms with van der Waals surface area (Å²) in [4.78, 5) is 4.08. The Hall–Kier alpha value is -0.740. The number of hydrogen-bond acceptors (Lipinski definition) is 2. The third-order valence-corrected chi connectivity index (χ3v) is 3.46. The zero-order chi connectivity index (χ0) is 8.60. The van der Waals surface area contributed by atoms with Crippen LogP contribution in [-0.2, 0) is 15.8 Å². The van der Waals surface area contributed by atoms with Crippen LogP contribution < -0.4 is 0 Å². The molecule has 3 nitrogen and oxygen atoms in total. The summed E-state index contributed by atoms with van der Waals surface area (Å²) in [5, 5.41) is 0. The number of hydrogen-bond donors (Lipinski definition) is 1. The largest absolute Gasteiger partial charge is 0.305 e. The molecule has 64 valence electrons. The van der Waals surface area contributed by atoms with Crippen molar-refractivity contribution in [2.45, 2.75) is 17.6 Å². The molecule has 1 unspecified atom stereocenters. The van der Waals surface area contributed by atoms with Crippen molar-refractivity contribution in [3.05, 3.63) is 30.1 Å². The topological polar surface area (TPSA) is 50.2 Å². The third kappa shape index (κ3) is 1.07. The van der Waals surface area contributed by atoms with Crippen molar-refractivity contribution in [2.24, 2.45) is 0 Å². The second-order valence-corrected chi connectivity index (χ2v) is 4.24. The number of aromatic nitrogens is 1. The first kappa shape index (κ1) is 7.89. The molecule has 1 saturated carbocycles. The predicted octanol–water partition coefficient (Wildman–Crippen LogP) is 1.29. The van der Waals surface area contributed by atoms with Crippen molar-refractivity contribution in [2.75, 3.05) is 0 Å². The third-order valence-electron chi connectivity index (χ3n) is 2.17. The van der Waals surface area contributed by atoms with Gasteiger partial charge in [0.05, 0.1) is 5.69 Å². The summed E-state index contributed by atoms with van der Waals surface area (Å²) in [5.74, 6) is 0. The van der Waals surface area contributed by atoms with Gasteiger partial charge in [-0.2, -0.15) is 0 Å². The van der Waals surface area contributed by atoms with E-state index in [1.165, 1.54) is 0 Å². The maximum atomic E-state index is 11.0. The average molecular weight is 183 g/mol. The van der Waals surface area contributed by atoms with Crippen molar-refractivity contribution in [1.29, 1.82) is 0 Å². The molecule has 0 amide bonds. The van der Waals surface area contributed by atoms with E-state index in [0.29, 0.717) is 0 Å². The van der Waals surface area contributed by atoms with Crippen LogP contribution in [0.25, 0.3) is 0 Å². The van der Waals surface area contributed by atoms with Gasteiger partial charge in [-0.3, -0.25) is 4.98 Å². The van der Waals surface area contributed by atoms with Crippen molar-refractivity contribution >= 4 is 11.1 Å². The molecule has 1 aromatic heterocycles. The minimum atomic E-state index is -1.78. The Balaban J connectivity index is 2.37. The van der Waals surface area contributed by atoms with Crippen molar-refractivity contribution in [3.8, 4) is 0 Å². The molecule has 4 heteroatoms. The monoisotopic (exact) mass is 183 g/mol. The van der Waals surface area contributed by atoms with Gasteiger partial charge in [-0.05, 0) is 25.0 Å². The Morgan fingerprint density at radius 1 is 1.50 bits per heavy atom. The Morgan fingerprint density at radius 3 is 2.67 bits per heavy atom. The second kappa shape index (κ2) is 2.64. The maximum Gasteiger partial charge on any atom is 0.165 e. The molecule has 1 fully saturated rings. The average Bonchev–Trinajstić information content (AvgIpc) is 2.86. The maximum absolute atomic E-state index is 11.0. The Bertz CT molecular complexity index is 308. The fraction of sp³-hybridized carbons (Fsp3) is 0.375. The molecule has 0 bridgehead atoms. The van der Waals surface area contributed by atoms with Crippen LogP contribution in [0.15, 0.2) is 24.4 Å². The number of nitrogens with zero attached hydrogens (tertiary/aromatic N) is 1. The molecule has 1 atom stereocenters. The van der Waals surface area contributed by atoms with Crippen LogP contribution in [-0.4, -0.2) is 13.7 Å². The van der Waals surface area contributed by atoms with E-state index in [0.717, 1.165) is 18.5 Å². The molecule has 0 saturated heterocycles. The molecule has 12 heavy (non-hydrogen) atoms. The van der Waals surface area contributed by atoms with Gasteiger partial charge in [0, 0.05) is 6.20 Å². The van der Waals surface area contributed by atoms with Crippen LogP contribution in [0, 0.1) is 0 Å². The van der Waals surface area contributed by atoms with Crippen LogP contribution >= 0.6 is 0 Å². The summed E-state index contributed by atoms with van der Waals surface area (Å²) < 4.78 is 19.4. The minimum Gasteiger partial charge on any atom is -0.305 e. The van der Waals surface area contributed by atoms with Crippen LogP contribution in [0.3, 0.4) is 0 Å². The fourth-order valence-corrected chi connectivity index (χ4v) is 2.02. The lowest BCUT2D eigenvalue weighted by atomic mass is 10.2. The first-order chi connectivity index (χ1) is 5.76. The zero-order valence-electron chi connectivity index (χ0n) is 6.43. The predicted molar refractivity (Wildman–Crippen MR) is 45.9 cm³/mol. The summed E-state index contributed by atoms with van der Waals surface area (Å²) in [7, 11) is 0. The van der Waals surface area contributed by atoms with Crippen LogP contribution in [0.5, 0.6) is 0 Å². The molecular formula is C8H9NO2S. The first-order valence-corrected chi connectivity index (χ1v) is 4.89. The van der Waals surface area contributed by atoms with Crippen LogP contribution in [0.1, 0.15) is 18.5 Å². The Morgan fingerprint density at radius 2 is 2.25 bits per heavy atom. The van der Waals surface area contributed by atoms with Gasteiger partial charge >= 0.3 is 0 Å². The molecule has 0 aliphatic heterocycles. The highest BCUT2D eigenvalue weighted by molar-refractivity contribution is 7.80. The number of pyridine rings is 1. The van der Waals surface area contributed by atoms with Gasteiger partial charge in [0.2, 0.25) is 0 Å². The second-order valence-electron chi connectivity index (χ2n) is 2.96. The standard InChI is InChI=1S/C8H9NO2S/c10-12(11)8(4-5-8)7-3-1-2-6-9-7/h1-3,6H,4-5H2,(H,10,11). The fourth-order valence-electron chi connectivity index (χ4n) is 1.27. The van der Waals surface area contributed by atoms with Crippen LogP contribution in [0.4, 0.5) is 0 Å². The van der Waals surface area contributed by atoms with Gasteiger partial charge in [0.15, 0.2) is 11.1 Å². The molecule has 1 heterocycles. The van der Waals surface area contributed by atoms with Gasteiger partial charge in [-0.15, -0.1) is 0 Å². The number of rotatable bonds is 2. The van der Waals surface area contributed by atoms with Gasteiger partial charge in [0.25, 0.3) is 0 Å². The lowest BCUT2D eigenvalue weighted by Crippen LogP contribution is -2.14. The molecular weight excluding hydrogens is 174 g/mol. The smallest absolute Gasteiger partial charge is 0.165 e. The lowest BCUT2D eigenvalue weighted by molar-refractivity contribution is 0.545. The van der Waals surface area contributed by atoms with Crippen molar-refractivity contribution in [1.82, 2.24) is 4.98 Å². The van der Waals surface area contributed by atoms with Gasteiger partial charge in [-0.1, -0.05) is 6.07 Å². The molecule has 0 radical (unpaired) electrons. The molecule has 1 N–H and O–H groups in total. The summed E-state index contributed by atoms with van der Waals surface area (Å²) in [6, 6.07) is 5.45. The lowest BCUT2D eigenvalue weighted by Gasteiger charge is -2.08. The van der Waals surface area contributed by atoms with E-state index >= 15 is 0 Å². The van der Waals surface area contributed by atoms with E-state index in [1.54, 1.807) is 18.3 Å². The molecule has 0 aromatic carbocycles. The highest BCUT2D eigenvalue weighted by Crippen LogP contribution is 2.49. The Labute approximate surface area is 73.1 Å². The molecule has 1 aliphatic carbocycles. The highest BCUT2D eigenvalue weighted by Gasteiger charge is 2.51. The quantitative estimate of drug-likeness (QED) is 0.703. The van der Waals surface area contributed by atoms with E-state index in [9.17, 15) is 4.21 Å². The molecule has 0 spiro atoms. The zero-order valence-corrected chi connectivity index (χ0v) is 7.25. The van der Waals surface area contributed by atoms with E-state index in [-0.39, 0.29) is 0 Å². The van der Waals surface area contributed by atoms with E-state index in [1.807, 2.05) is 6.07 Å². The Kier molecular flexibility index (Phi) is 1.73. The van der Waals surface area contributed by atoms with Crippen molar-refractivity contribution in [3.63, 3.8) is 0 Å². The van der Waals surface area contributed by atoms with E-state index < -0.39 is 15.8 Å².